The summed E-state index contributed by atoms with van der Waals surface area (Å²) in [6.45, 7) is 13.2. The number of carboxylic acids is 1. The van der Waals surface area contributed by atoms with Crippen molar-refractivity contribution in [3.05, 3.63) is 0 Å². The normalized spacial score (nSPS) is 27.5. The summed E-state index contributed by atoms with van der Waals surface area (Å²) in [5.74, 6) is -0.728. The summed E-state index contributed by atoms with van der Waals surface area (Å²) < 4.78 is 5.61. The van der Waals surface area contributed by atoms with Gasteiger partial charge in [-0.05, 0) is 38.9 Å². The maximum atomic E-state index is 11.9. The van der Waals surface area contributed by atoms with Crippen molar-refractivity contribution in [3.63, 3.8) is 0 Å². The molecule has 0 aromatic heterocycles. The number of rotatable bonds is 10. The lowest BCUT2D eigenvalue weighted by atomic mass is 10.0. The lowest BCUT2D eigenvalue weighted by Crippen LogP contribution is -2.57. The largest absolute Gasteiger partial charge is 0.481 e. The van der Waals surface area contributed by atoms with Gasteiger partial charge in [-0.3, -0.25) is 9.69 Å². The molecule has 9 nitrogen and oxygen atoms in total. The van der Waals surface area contributed by atoms with Crippen molar-refractivity contribution in [1.82, 2.24) is 24.5 Å². The Balaban J connectivity index is 1.50. The molecule has 2 unspecified atom stereocenters. The number of hydrogen-bond donors (Lipinski definition) is 1. The number of ether oxygens (including phenoxy) is 1. The molecule has 0 aromatic carbocycles. The van der Waals surface area contributed by atoms with Crippen molar-refractivity contribution in [2.45, 2.75) is 44.9 Å². The van der Waals surface area contributed by atoms with Crippen LogP contribution in [0.15, 0.2) is 0 Å². The number of amides is 1. The Kier molecular flexibility index (Phi) is 8.73. The number of hydrogen-bond acceptors (Lipinski definition) is 7. The van der Waals surface area contributed by atoms with Crippen LogP contribution in [-0.2, 0) is 9.53 Å². The second-order valence-electron chi connectivity index (χ2n) is 8.83. The van der Waals surface area contributed by atoms with Gasteiger partial charge >= 0.3 is 12.1 Å². The van der Waals surface area contributed by atoms with Gasteiger partial charge in [0.15, 0.2) is 6.23 Å². The Morgan fingerprint density at radius 1 is 1.00 bits per heavy atom. The van der Waals surface area contributed by atoms with E-state index in [0.29, 0.717) is 19.0 Å². The molecule has 0 aromatic rings. The Bertz CT molecular complexity index is 570. The van der Waals surface area contributed by atoms with Gasteiger partial charge < -0.3 is 29.4 Å². The van der Waals surface area contributed by atoms with Crippen LogP contribution < -0.4 is 0 Å². The van der Waals surface area contributed by atoms with Crippen molar-refractivity contribution >= 4 is 12.1 Å². The molecule has 3 rings (SSSR count). The van der Waals surface area contributed by atoms with Crippen LogP contribution >= 0.6 is 0 Å². The van der Waals surface area contributed by atoms with E-state index >= 15 is 0 Å². The molecule has 1 N–H and O–H groups in total. The number of nitrogens with zero attached hydrogens (tertiary/aromatic N) is 5. The summed E-state index contributed by atoms with van der Waals surface area (Å²) in [7, 11) is 1.79. The maximum Gasteiger partial charge on any atom is 0.411 e. The number of carbonyl (C=O) groups excluding carboxylic acids is 1. The fraction of sp³-hybridized carbons (Fsp3) is 0.905. The van der Waals surface area contributed by atoms with E-state index in [4.69, 9.17) is 9.84 Å². The van der Waals surface area contributed by atoms with Crippen LogP contribution in [0.25, 0.3) is 0 Å². The average molecular weight is 426 g/mol. The van der Waals surface area contributed by atoms with Gasteiger partial charge in [-0.15, -0.1) is 0 Å². The third kappa shape index (κ3) is 6.54. The third-order valence-electron chi connectivity index (χ3n) is 6.75. The summed E-state index contributed by atoms with van der Waals surface area (Å²) in [6.07, 6.45) is 2.71. The minimum atomic E-state index is -0.728. The standard InChI is InChI=1S/C21H39N5O4/c1-3-23-10-12-24(13-11-23)8-4-6-18-16-25(9-5-7-20(27)28)14-15-26(18)19-17-22(2)21(29)30-19/h18-19H,3-17H2,1-2H3,(H,27,28). The fourth-order valence-electron chi connectivity index (χ4n) is 4.83. The number of piperazine rings is 2. The van der Waals surface area contributed by atoms with E-state index in [1.54, 1.807) is 11.9 Å². The lowest BCUT2D eigenvalue weighted by Gasteiger charge is -2.43. The first kappa shape index (κ1) is 23.2. The molecule has 3 heterocycles. The topological polar surface area (TPSA) is 79.8 Å². The molecule has 3 saturated heterocycles. The molecule has 0 bridgehead atoms. The van der Waals surface area contributed by atoms with Crippen LogP contribution in [0.1, 0.15) is 32.6 Å². The Labute approximate surface area is 180 Å². The van der Waals surface area contributed by atoms with Gasteiger partial charge in [0.25, 0.3) is 0 Å². The molecule has 3 aliphatic heterocycles. The van der Waals surface area contributed by atoms with Gasteiger partial charge in [-0.25, -0.2) is 4.79 Å². The van der Waals surface area contributed by atoms with E-state index in [-0.39, 0.29) is 18.7 Å². The summed E-state index contributed by atoms with van der Waals surface area (Å²) >= 11 is 0. The van der Waals surface area contributed by atoms with E-state index in [0.717, 1.165) is 78.3 Å². The van der Waals surface area contributed by atoms with E-state index in [9.17, 15) is 9.59 Å². The van der Waals surface area contributed by atoms with Gasteiger partial charge in [0, 0.05) is 65.3 Å². The zero-order valence-corrected chi connectivity index (χ0v) is 18.7. The second kappa shape index (κ2) is 11.3. The molecule has 172 valence electrons. The fourth-order valence-corrected chi connectivity index (χ4v) is 4.83. The van der Waals surface area contributed by atoms with Crippen molar-refractivity contribution < 1.29 is 19.4 Å². The highest BCUT2D eigenvalue weighted by atomic mass is 16.6. The van der Waals surface area contributed by atoms with Crippen LogP contribution in [0.5, 0.6) is 0 Å². The summed E-state index contributed by atoms with van der Waals surface area (Å²) in [6, 6.07) is 0.338. The predicted octanol–water partition coefficient (Wildman–Crippen LogP) is 0.663. The van der Waals surface area contributed by atoms with Crippen molar-refractivity contribution in [2.75, 3.05) is 79.0 Å². The van der Waals surface area contributed by atoms with Crippen LogP contribution in [0.4, 0.5) is 4.79 Å². The van der Waals surface area contributed by atoms with E-state index in [1.807, 2.05) is 0 Å². The molecule has 0 saturated carbocycles. The van der Waals surface area contributed by atoms with E-state index in [1.165, 1.54) is 0 Å². The second-order valence-corrected chi connectivity index (χ2v) is 8.83. The lowest BCUT2D eigenvalue weighted by molar-refractivity contribution is -0.137. The van der Waals surface area contributed by atoms with Crippen LogP contribution in [0.3, 0.4) is 0 Å². The molecule has 9 heteroatoms. The van der Waals surface area contributed by atoms with E-state index < -0.39 is 5.97 Å². The number of cyclic esters (lactones) is 1. The zero-order chi connectivity index (χ0) is 21.5. The molecule has 3 fully saturated rings. The highest BCUT2D eigenvalue weighted by Crippen LogP contribution is 2.23. The Morgan fingerprint density at radius 2 is 1.67 bits per heavy atom. The molecule has 2 atom stereocenters. The van der Waals surface area contributed by atoms with Crippen LogP contribution in [-0.4, -0.2) is 133 Å². The highest BCUT2D eigenvalue weighted by Gasteiger charge is 2.38. The van der Waals surface area contributed by atoms with Crippen LogP contribution in [0.2, 0.25) is 0 Å². The number of likely N-dealkylation sites (N-methyl/N-ethyl adjacent to an activating group) is 2. The van der Waals surface area contributed by atoms with Crippen molar-refractivity contribution in [1.29, 1.82) is 0 Å². The van der Waals surface area contributed by atoms with Gasteiger partial charge in [-0.2, -0.15) is 0 Å². The summed E-state index contributed by atoms with van der Waals surface area (Å²) in [5, 5.41) is 8.91. The van der Waals surface area contributed by atoms with Gasteiger partial charge in [0.2, 0.25) is 0 Å². The molecule has 0 radical (unpaired) electrons. The monoisotopic (exact) mass is 425 g/mol. The first-order valence-electron chi connectivity index (χ1n) is 11.5. The molecule has 1 amide bonds. The summed E-state index contributed by atoms with van der Waals surface area (Å²) in [4.78, 5) is 34.2. The Hall–Kier alpha value is -1.42. The maximum absolute atomic E-state index is 11.9. The van der Waals surface area contributed by atoms with E-state index in [2.05, 4.69) is 26.5 Å². The highest BCUT2D eigenvalue weighted by molar-refractivity contribution is 5.69. The molecule has 3 aliphatic rings. The zero-order valence-electron chi connectivity index (χ0n) is 18.7. The Morgan fingerprint density at radius 3 is 2.30 bits per heavy atom. The van der Waals surface area contributed by atoms with Gasteiger partial charge in [0.1, 0.15) is 0 Å². The quantitative estimate of drug-likeness (QED) is 0.547. The molecule has 0 spiro atoms. The third-order valence-corrected chi connectivity index (χ3v) is 6.75. The van der Waals surface area contributed by atoms with Gasteiger partial charge in [0.05, 0.1) is 6.54 Å². The minimum absolute atomic E-state index is 0.165. The first-order chi connectivity index (χ1) is 14.5. The van der Waals surface area contributed by atoms with Crippen molar-refractivity contribution in [2.24, 2.45) is 0 Å². The SMILES string of the molecule is CCN1CCN(CCCC2CN(CCCC(=O)O)CCN2C2CN(C)C(=O)O2)CC1. The number of aliphatic carboxylic acids is 1. The van der Waals surface area contributed by atoms with Crippen LogP contribution in [0, 0.1) is 0 Å². The average Bonchev–Trinajstić information content (AvgIpc) is 3.06. The molecule has 0 aliphatic carbocycles. The smallest absolute Gasteiger partial charge is 0.411 e. The number of carboxylic acid groups (broad SMARTS) is 1. The van der Waals surface area contributed by atoms with Gasteiger partial charge in [-0.1, -0.05) is 6.92 Å². The molecular weight excluding hydrogens is 386 g/mol. The first-order valence-corrected chi connectivity index (χ1v) is 11.5. The number of carbonyl (C=O) groups is 2. The molecule has 30 heavy (non-hydrogen) atoms. The van der Waals surface area contributed by atoms with Crippen molar-refractivity contribution in [3.8, 4) is 0 Å². The molecular formula is C21H39N5O4. The minimum Gasteiger partial charge on any atom is -0.481 e. The summed E-state index contributed by atoms with van der Waals surface area (Å²) in [5.41, 5.74) is 0. The predicted molar refractivity (Wildman–Crippen MR) is 114 cm³/mol.